The van der Waals surface area contributed by atoms with Crippen LogP contribution in [0.15, 0.2) is 0 Å². The van der Waals surface area contributed by atoms with Crippen molar-refractivity contribution < 1.29 is 0 Å². The van der Waals surface area contributed by atoms with Crippen molar-refractivity contribution in [3.05, 3.63) is 0 Å². The van der Waals surface area contributed by atoms with Gasteiger partial charge in [0.2, 0.25) is 0 Å². The molecule has 0 aromatic carbocycles. The van der Waals surface area contributed by atoms with Gasteiger partial charge >= 0.3 is 0 Å². The monoisotopic (exact) mass is 199 g/mol. The number of hydrogen-bond acceptors (Lipinski definition) is 2. The fourth-order valence-corrected chi connectivity index (χ4v) is 3.55. The van der Waals surface area contributed by atoms with E-state index in [-0.39, 0.29) is 0 Å². The van der Waals surface area contributed by atoms with E-state index < -0.39 is 0 Å². The summed E-state index contributed by atoms with van der Waals surface area (Å²) in [5.74, 6) is 3.75. The van der Waals surface area contributed by atoms with Crippen molar-refractivity contribution in [2.24, 2.45) is 5.92 Å². The Balaban J connectivity index is 1.70. The van der Waals surface area contributed by atoms with Crippen LogP contribution in [0, 0.1) is 5.92 Å². The smallest absolute Gasteiger partial charge is 0.00979 e. The Hall–Kier alpha value is 0.310. The van der Waals surface area contributed by atoms with E-state index in [4.69, 9.17) is 0 Å². The van der Waals surface area contributed by atoms with Crippen LogP contribution in [-0.4, -0.2) is 23.6 Å². The van der Waals surface area contributed by atoms with Crippen LogP contribution < -0.4 is 5.32 Å². The first kappa shape index (κ1) is 9.85. The van der Waals surface area contributed by atoms with E-state index >= 15 is 0 Å². The second-order valence-corrected chi connectivity index (χ2v) is 5.63. The van der Waals surface area contributed by atoms with Crippen LogP contribution in [0.25, 0.3) is 0 Å². The molecule has 2 fully saturated rings. The molecule has 0 aromatic heterocycles. The van der Waals surface area contributed by atoms with Crippen LogP contribution in [0.4, 0.5) is 0 Å². The van der Waals surface area contributed by atoms with Gasteiger partial charge in [-0.15, -0.1) is 0 Å². The molecule has 2 unspecified atom stereocenters. The molecule has 0 spiro atoms. The van der Waals surface area contributed by atoms with E-state index in [1.807, 2.05) is 0 Å². The van der Waals surface area contributed by atoms with E-state index in [1.54, 1.807) is 0 Å². The molecule has 2 aliphatic rings. The molecule has 0 bridgehead atoms. The third-order valence-electron chi connectivity index (χ3n) is 3.61. The third-order valence-corrected chi connectivity index (χ3v) is 4.66. The summed E-state index contributed by atoms with van der Waals surface area (Å²) >= 11 is 2.12. The Bertz CT molecular complexity index is 152. The van der Waals surface area contributed by atoms with Gasteiger partial charge in [0.05, 0.1) is 0 Å². The van der Waals surface area contributed by atoms with Gasteiger partial charge in [0.15, 0.2) is 0 Å². The summed E-state index contributed by atoms with van der Waals surface area (Å²) in [4.78, 5) is 0. The lowest BCUT2D eigenvalue weighted by molar-refractivity contribution is 0.183. The third kappa shape index (κ3) is 2.41. The molecular weight excluding hydrogens is 178 g/mol. The number of rotatable bonds is 3. The average molecular weight is 199 g/mol. The minimum Gasteiger partial charge on any atom is -0.311 e. The van der Waals surface area contributed by atoms with Crippen molar-refractivity contribution in [2.75, 3.05) is 11.5 Å². The van der Waals surface area contributed by atoms with Gasteiger partial charge in [-0.25, -0.2) is 0 Å². The Morgan fingerprint density at radius 3 is 2.46 bits per heavy atom. The van der Waals surface area contributed by atoms with Crippen molar-refractivity contribution in [1.82, 2.24) is 5.32 Å². The van der Waals surface area contributed by atoms with Crippen molar-refractivity contribution in [1.29, 1.82) is 0 Å². The molecular formula is C11H21NS. The Kier molecular flexibility index (Phi) is 3.56. The maximum absolute atomic E-state index is 3.84. The van der Waals surface area contributed by atoms with Crippen molar-refractivity contribution in [2.45, 2.75) is 51.1 Å². The molecule has 2 atom stereocenters. The fourth-order valence-electron chi connectivity index (χ4n) is 2.44. The predicted molar refractivity (Wildman–Crippen MR) is 60.3 cm³/mol. The molecule has 0 radical (unpaired) electrons. The van der Waals surface area contributed by atoms with Gasteiger partial charge in [0.1, 0.15) is 0 Å². The second-order valence-electron chi connectivity index (χ2n) is 4.41. The minimum atomic E-state index is 0.848. The topological polar surface area (TPSA) is 12.0 Å². The van der Waals surface area contributed by atoms with Crippen molar-refractivity contribution in [3.8, 4) is 0 Å². The van der Waals surface area contributed by atoms with E-state index in [9.17, 15) is 0 Å². The van der Waals surface area contributed by atoms with Gasteiger partial charge in [-0.2, -0.15) is 11.8 Å². The summed E-state index contributed by atoms with van der Waals surface area (Å²) in [5, 5.41) is 3.84. The quantitative estimate of drug-likeness (QED) is 0.750. The van der Waals surface area contributed by atoms with Crippen LogP contribution in [0.5, 0.6) is 0 Å². The Labute approximate surface area is 86.0 Å². The zero-order chi connectivity index (χ0) is 9.10. The predicted octanol–water partition coefficient (Wildman–Crippen LogP) is 2.66. The van der Waals surface area contributed by atoms with Crippen molar-refractivity contribution >= 4 is 11.8 Å². The van der Waals surface area contributed by atoms with Crippen LogP contribution >= 0.6 is 11.8 Å². The number of thioether (sulfide) groups is 1. The molecule has 0 amide bonds. The number of nitrogens with one attached hydrogen (secondary N) is 1. The number of hydrogen-bond donors (Lipinski definition) is 1. The Morgan fingerprint density at radius 2 is 1.92 bits per heavy atom. The summed E-state index contributed by atoms with van der Waals surface area (Å²) in [6.45, 7) is 2.33. The zero-order valence-corrected chi connectivity index (χ0v) is 9.41. The first-order valence-electron chi connectivity index (χ1n) is 5.74. The normalized spacial score (nSPS) is 35.8. The molecule has 0 aromatic rings. The lowest BCUT2D eigenvalue weighted by Crippen LogP contribution is -2.49. The van der Waals surface area contributed by atoms with Gasteiger partial charge in [-0.05, 0) is 43.1 Å². The van der Waals surface area contributed by atoms with Crippen molar-refractivity contribution in [3.63, 3.8) is 0 Å². The fraction of sp³-hybridized carbons (Fsp3) is 1.00. The lowest BCUT2D eigenvalue weighted by Gasteiger charge is -2.40. The lowest BCUT2D eigenvalue weighted by atomic mass is 9.77. The largest absolute Gasteiger partial charge is 0.311 e. The molecule has 1 N–H and O–H groups in total. The highest BCUT2D eigenvalue weighted by molar-refractivity contribution is 7.99. The highest BCUT2D eigenvalue weighted by Crippen LogP contribution is 2.31. The van der Waals surface area contributed by atoms with Crippen LogP contribution in [-0.2, 0) is 0 Å². The van der Waals surface area contributed by atoms with Crippen LogP contribution in [0.2, 0.25) is 0 Å². The molecule has 1 aliphatic heterocycles. The maximum Gasteiger partial charge on any atom is 0.00979 e. The van der Waals surface area contributed by atoms with E-state index in [2.05, 4.69) is 24.0 Å². The van der Waals surface area contributed by atoms with Gasteiger partial charge in [0, 0.05) is 12.1 Å². The van der Waals surface area contributed by atoms with Gasteiger partial charge in [0.25, 0.3) is 0 Å². The summed E-state index contributed by atoms with van der Waals surface area (Å²) in [5.41, 5.74) is 0. The maximum atomic E-state index is 3.84. The van der Waals surface area contributed by atoms with Gasteiger partial charge < -0.3 is 5.32 Å². The molecule has 2 heteroatoms. The summed E-state index contributed by atoms with van der Waals surface area (Å²) in [6.07, 6.45) is 7.08. The minimum absolute atomic E-state index is 0.848. The summed E-state index contributed by atoms with van der Waals surface area (Å²) in [7, 11) is 0. The first-order valence-corrected chi connectivity index (χ1v) is 6.89. The van der Waals surface area contributed by atoms with Gasteiger partial charge in [-0.3, -0.25) is 0 Å². The van der Waals surface area contributed by atoms with E-state index in [0.717, 1.165) is 18.0 Å². The highest BCUT2D eigenvalue weighted by atomic mass is 32.2. The van der Waals surface area contributed by atoms with Crippen LogP contribution in [0.3, 0.4) is 0 Å². The standard InChI is InChI=1S/C11H21NS/c1-2-9-3-4-11(9)12-10-5-7-13-8-6-10/h9-12H,2-8H2,1H3. The Morgan fingerprint density at radius 1 is 1.15 bits per heavy atom. The highest BCUT2D eigenvalue weighted by Gasteiger charge is 2.30. The molecule has 2 rings (SSSR count). The summed E-state index contributed by atoms with van der Waals surface area (Å²) in [6, 6.07) is 1.72. The molecule has 13 heavy (non-hydrogen) atoms. The molecule has 1 aliphatic carbocycles. The van der Waals surface area contributed by atoms with Crippen LogP contribution in [0.1, 0.15) is 39.0 Å². The first-order chi connectivity index (χ1) is 6.40. The molecule has 1 saturated heterocycles. The van der Waals surface area contributed by atoms with Gasteiger partial charge in [-0.1, -0.05) is 13.3 Å². The van der Waals surface area contributed by atoms with E-state index in [1.165, 1.54) is 43.6 Å². The zero-order valence-electron chi connectivity index (χ0n) is 8.59. The second kappa shape index (κ2) is 4.70. The summed E-state index contributed by atoms with van der Waals surface area (Å²) < 4.78 is 0. The SMILES string of the molecule is CCC1CCC1NC1CCSCC1. The molecule has 76 valence electrons. The average Bonchev–Trinajstić information content (AvgIpc) is 2.15. The molecule has 1 saturated carbocycles. The van der Waals surface area contributed by atoms with E-state index in [0.29, 0.717) is 0 Å². The molecule has 1 nitrogen and oxygen atoms in total. The molecule has 1 heterocycles.